The minimum atomic E-state index is -0.375. The van der Waals surface area contributed by atoms with Crippen molar-refractivity contribution in [2.75, 3.05) is 13.2 Å². The molecule has 0 aliphatic heterocycles. The van der Waals surface area contributed by atoms with Gasteiger partial charge in [0, 0.05) is 0 Å². The van der Waals surface area contributed by atoms with Crippen molar-refractivity contribution in [1.29, 1.82) is 0 Å². The Morgan fingerprint density at radius 1 is 0.600 bits per heavy atom. The molecule has 6 nitrogen and oxygen atoms in total. The van der Waals surface area contributed by atoms with Crippen LogP contribution >= 0.6 is 0 Å². The van der Waals surface area contributed by atoms with E-state index in [0.717, 1.165) is 25.7 Å². The quantitative estimate of drug-likeness (QED) is 0.432. The fraction of sp³-hybridized carbons (Fsp3) is 1.00. The number of hydrogen-bond acceptors (Lipinski definition) is 6. The summed E-state index contributed by atoms with van der Waals surface area (Å²) in [6, 6.07) is 0. The first kappa shape index (κ1) is 36.5. The molecule has 0 aliphatic carbocycles. The first-order valence-corrected chi connectivity index (χ1v) is 8.97. The molecule has 0 spiro atoms. The first-order chi connectivity index (χ1) is 11.1. The van der Waals surface area contributed by atoms with E-state index >= 15 is 0 Å². The first-order valence-electron chi connectivity index (χ1n) is 8.97. The van der Waals surface area contributed by atoms with E-state index in [1.807, 2.05) is 13.8 Å². The molecule has 0 amide bonds. The van der Waals surface area contributed by atoms with Crippen LogP contribution in [0.25, 0.3) is 0 Å². The summed E-state index contributed by atoms with van der Waals surface area (Å²) in [4.78, 5) is 0. The fourth-order valence-electron chi connectivity index (χ4n) is 1.28. The second-order valence-corrected chi connectivity index (χ2v) is 5.98. The van der Waals surface area contributed by atoms with E-state index in [1.165, 1.54) is 0 Å². The minimum Gasteiger partial charge on any atom is -0.854 e. The molecule has 0 saturated heterocycles. The molecule has 0 heterocycles. The summed E-state index contributed by atoms with van der Waals surface area (Å²) < 4.78 is 0. The van der Waals surface area contributed by atoms with Gasteiger partial charge in [-0.25, -0.2) is 0 Å². The van der Waals surface area contributed by atoms with E-state index in [1.54, 1.807) is 27.7 Å². The third-order valence-electron chi connectivity index (χ3n) is 2.36. The molecular weight excluding hydrogens is 403 g/mol. The van der Waals surface area contributed by atoms with Crippen LogP contribution in [0.1, 0.15) is 80.1 Å². The third kappa shape index (κ3) is 79.0. The Balaban J connectivity index is -0.0000000711. The van der Waals surface area contributed by atoms with Crippen LogP contribution < -0.4 is 10.2 Å². The topological polar surface area (TPSA) is 127 Å². The zero-order chi connectivity index (χ0) is 20.0. The summed E-state index contributed by atoms with van der Waals surface area (Å²) in [6.07, 6.45) is 3.17. The molecule has 0 aromatic rings. The van der Waals surface area contributed by atoms with Crippen LogP contribution in [0.5, 0.6) is 0 Å². The van der Waals surface area contributed by atoms with Crippen LogP contribution in [0.3, 0.4) is 0 Å². The van der Waals surface area contributed by atoms with Crippen LogP contribution in [0, 0.1) is 0 Å². The summed E-state index contributed by atoms with van der Waals surface area (Å²) >= 11 is 0. The van der Waals surface area contributed by atoms with Crippen molar-refractivity contribution in [2.24, 2.45) is 0 Å². The maximum atomic E-state index is 9.53. The van der Waals surface area contributed by atoms with Crippen molar-refractivity contribution in [2.45, 2.75) is 104 Å². The molecule has 7 heteroatoms. The average Bonchev–Trinajstić information content (AvgIpc) is 2.39. The normalized spacial score (nSPS) is 13.9. The van der Waals surface area contributed by atoms with Crippen LogP contribution in [-0.2, 0) is 26.2 Å². The Kier molecular flexibility index (Phi) is 47.3. The molecule has 0 bridgehead atoms. The molecule has 154 valence electrons. The van der Waals surface area contributed by atoms with Gasteiger partial charge in [0.15, 0.2) is 0 Å². The van der Waals surface area contributed by atoms with Gasteiger partial charge >= 0.3 is 26.2 Å². The molecule has 0 radical (unpaired) electrons. The summed E-state index contributed by atoms with van der Waals surface area (Å²) in [6.45, 7) is 10.8. The van der Waals surface area contributed by atoms with Gasteiger partial charge in [-0.3, -0.25) is 0 Å². The molecule has 0 aromatic carbocycles. The molecule has 25 heavy (non-hydrogen) atoms. The molecule has 0 saturated carbocycles. The van der Waals surface area contributed by atoms with E-state index in [4.69, 9.17) is 20.4 Å². The molecule has 0 aliphatic rings. The van der Waals surface area contributed by atoms with E-state index in [-0.39, 0.29) is 63.8 Å². The minimum absolute atomic E-state index is 0. The Bertz CT molecular complexity index is 154. The zero-order valence-electron chi connectivity index (χ0n) is 17.1. The zero-order valence-corrected chi connectivity index (χ0v) is 19.5. The Hall–Kier alpha value is 0.643. The van der Waals surface area contributed by atoms with Crippen molar-refractivity contribution >= 4 is 0 Å². The Morgan fingerprint density at radius 2 is 0.800 bits per heavy atom. The van der Waals surface area contributed by atoms with Crippen molar-refractivity contribution in [1.82, 2.24) is 0 Å². The van der Waals surface area contributed by atoms with E-state index in [0.29, 0.717) is 12.8 Å². The van der Waals surface area contributed by atoms with Crippen molar-refractivity contribution < 1.29 is 56.8 Å². The van der Waals surface area contributed by atoms with Gasteiger partial charge in [0.05, 0.1) is 24.4 Å². The van der Waals surface area contributed by atoms with Crippen molar-refractivity contribution in [3.8, 4) is 0 Å². The van der Waals surface area contributed by atoms with Gasteiger partial charge in [-0.1, -0.05) is 39.5 Å². The summed E-state index contributed by atoms with van der Waals surface area (Å²) in [7, 11) is 0. The maximum absolute atomic E-state index is 9.53. The van der Waals surface area contributed by atoms with E-state index in [2.05, 4.69) is 0 Å². The predicted molar refractivity (Wildman–Crippen MR) is 95.5 cm³/mol. The molecular formula is C18H42O6Zr. The Morgan fingerprint density at radius 3 is 0.800 bits per heavy atom. The SMILES string of the molecule is CC(O)CC(C)O.CC(O)CC(C)O.CCCC[O-].CCCC[O-].[Zr+2]. The summed E-state index contributed by atoms with van der Waals surface area (Å²) in [5.74, 6) is 0. The monoisotopic (exact) mass is 444 g/mol. The predicted octanol–water partition coefficient (Wildman–Crippen LogP) is 0.567. The Labute approximate surface area is 174 Å². The average molecular weight is 446 g/mol. The van der Waals surface area contributed by atoms with Gasteiger partial charge in [-0.15, -0.1) is 13.2 Å². The van der Waals surface area contributed by atoms with E-state index in [9.17, 15) is 10.2 Å². The number of hydrogen-bond donors (Lipinski definition) is 4. The number of aliphatic hydroxyl groups is 4. The molecule has 4 atom stereocenters. The standard InChI is InChI=1S/2C5H12O2.2C4H9O.Zr/c2*1-4(6)3-5(2)7;2*1-2-3-4-5;/h2*4-7H,3H2,1-2H3;2*2-4H2,1H3;/q;;2*-1;+2. The molecule has 0 fully saturated rings. The van der Waals surface area contributed by atoms with Crippen molar-refractivity contribution in [3.63, 3.8) is 0 Å². The van der Waals surface area contributed by atoms with Crippen LogP contribution in [0.4, 0.5) is 0 Å². The second kappa shape index (κ2) is 32.3. The van der Waals surface area contributed by atoms with Crippen molar-refractivity contribution in [3.05, 3.63) is 0 Å². The smallest absolute Gasteiger partial charge is 0.854 e. The van der Waals surface area contributed by atoms with Crippen LogP contribution in [-0.4, -0.2) is 58.1 Å². The van der Waals surface area contributed by atoms with Gasteiger partial charge in [0.2, 0.25) is 0 Å². The van der Waals surface area contributed by atoms with Gasteiger partial charge in [-0.05, 0) is 40.5 Å². The fourth-order valence-corrected chi connectivity index (χ4v) is 1.28. The van der Waals surface area contributed by atoms with Crippen LogP contribution in [0.2, 0.25) is 0 Å². The number of rotatable bonds is 8. The van der Waals surface area contributed by atoms with Gasteiger partial charge < -0.3 is 30.6 Å². The number of unbranched alkanes of at least 4 members (excludes halogenated alkanes) is 2. The molecule has 4 N–H and O–H groups in total. The molecule has 4 unspecified atom stereocenters. The number of aliphatic hydroxyl groups excluding tert-OH is 4. The molecule has 0 aromatic heterocycles. The van der Waals surface area contributed by atoms with Gasteiger partial charge in [0.1, 0.15) is 0 Å². The van der Waals surface area contributed by atoms with E-state index < -0.39 is 0 Å². The maximum Gasteiger partial charge on any atom is 2.00 e. The largest absolute Gasteiger partial charge is 2.00 e. The summed E-state index contributed by atoms with van der Waals surface area (Å²) in [5.41, 5.74) is 0. The van der Waals surface area contributed by atoms with Gasteiger partial charge in [-0.2, -0.15) is 0 Å². The molecule has 0 rings (SSSR count). The van der Waals surface area contributed by atoms with Gasteiger partial charge in [0.25, 0.3) is 0 Å². The third-order valence-corrected chi connectivity index (χ3v) is 2.36. The summed E-state index contributed by atoms with van der Waals surface area (Å²) in [5, 5.41) is 53.3. The van der Waals surface area contributed by atoms with Crippen LogP contribution in [0.15, 0.2) is 0 Å². The second-order valence-electron chi connectivity index (χ2n) is 5.98.